The van der Waals surface area contributed by atoms with Gasteiger partial charge in [0.25, 0.3) is 11.8 Å². The lowest BCUT2D eigenvalue weighted by Gasteiger charge is -2.06. The third kappa shape index (κ3) is 3.77. The van der Waals surface area contributed by atoms with E-state index in [1.54, 1.807) is 25.1 Å². The van der Waals surface area contributed by atoms with Crippen LogP contribution < -0.4 is 10.9 Å². The molecule has 0 spiro atoms. The molecule has 0 aliphatic heterocycles. The summed E-state index contributed by atoms with van der Waals surface area (Å²) in [6.45, 7) is 1.75. The van der Waals surface area contributed by atoms with E-state index in [2.05, 4.69) is 15.8 Å². The van der Waals surface area contributed by atoms with Crippen molar-refractivity contribution < 1.29 is 9.59 Å². The smallest absolute Gasteiger partial charge is 0.267 e. The molecule has 0 unspecified atom stereocenters. The number of nitrogens with one attached hydrogen (secondary N) is 2. The molecule has 2 N–H and O–H groups in total. The molecular formula is C19H14N4O2S. The van der Waals surface area contributed by atoms with Crippen LogP contribution in [0.3, 0.4) is 0 Å². The number of rotatable bonds is 3. The lowest BCUT2D eigenvalue weighted by atomic mass is 10.1. The first-order valence-corrected chi connectivity index (χ1v) is 8.54. The van der Waals surface area contributed by atoms with Gasteiger partial charge in [-0.2, -0.15) is 5.26 Å². The fourth-order valence-corrected chi connectivity index (χ4v) is 3.25. The van der Waals surface area contributed by atoms with Gasteiger partial charge in [0.1, 0.15) is 9.88 Å². The average molecular weight is 362 g/mol. The zero-order chi connectivity index (χ0) is 18.5. The quantitative estimate of drug-likeness (QED) is 0.700. The molecule has 3 aromatic rings. The van der Waals surface area contributed by atoms with E-state index in [-0.39, 0.29) is 5.56 Å². The number of aromatic nitrogens is 1. The van der Waals surface area contributed by atoms with Crippen molar-refractivity contribution in [2.45, 2.75) is 6.92 Å². The van der Waals surface area contributed by atoms with Crippen LogP contribution in [0.1, 0.15) is 31.3 Å². The fourth-order valence-electron chi connectivity index (χ4n) is 2.28. The van der Waals surface area contributed by atoms with Crippen molar-refractivity contribution in [1.82, 2.24) is 15.8 Å². The van der Waals surface area contributed by atoms with E-state index in [4.69, 9.17) is 5.26 Å². The van der Waals surface area contributed by atoms with Crippen molar-refractivity contribution in [3.63, 3.8) is 0 Å². The van der Waals surface area contributed by atoms with Crippen LogP contribution in [0.5, 0.6) is 0 Å². The highest BCUT2D eigenvalue weighted by atomic mass is 32.1. The molecule has 0 aliphatic rings. The van der Waals surface area contributed by atoms with Gasteiger partial charge in [-0.05, 0) is 25.1 Å². The highest BCUT2D eigenvalue weighted by Crippen LogP contribution is 2.27. The molecule has 1 heterocycles. The Balaban J connectivity index is 1.70. The Kier molecular flexibility index (Phi) is 5.06. The molecule has 26 heavy (non-hydrogen) atoms. The Morgan fingerprint density at radius 3 is 2.50 bits per heavy atom. The standard InChI is InChI=1S/C19H14N4O2S/c1-12-16(26-19(21-12)14-7-3-2-4-8-14)18(25)23-22-17(24)15-9-5-6-13(10-15)11-20/h2-10H,1H3,(H,22,24)(H,23,25). The summed E-state index contributed by atoms with van der Waals surface area (Å²) in [4.78, 5) is 29.3. The minimum Gasteiger partial charge on any atom is -0.267 e. The summed E-state index contributed by atoms with van der Waals surface area (Å²) in [5.74, 6) is -0.937. The molecule has 0 fully saturated rings. The number of carbonyl (C=O) groups is 2. The molecule has 2 amide bonds. The van der Waals surface area contributed by atoms with E-state index in [0.717, 1.165) is 10.6 Å². The fraction of sp³-hybridized carbons (Fsp3) is 0.0526. The summed E-state index contributed by atoms with van der Waals surface area (Å²) >= 11 is 1.26. The van der Waals surface area contributed by atoms with Gasteiger partial charge in [0.2, 0.25) is 0 Å². The third-order valence-electron chi connectivity index (χ3n) is 3.57. The zero-order valence-electron chi connectivity index (χ0n) is 13.8. The predicted molar refractivity (Wildman–Crippen MR) is 98.4 cm³/mol. The Bertz CT molecular complexity index is 1010. The van der Waals surface area contributed by atoms with Crippen molar-refractivity contribution in [3.8, 4) is 16.6 Å². The summed E-state index contributed by atoms with van der Waals surface area (Å²) in [7, 11) is 0. The number of aryl methyl sites for hydroxylation is 1. The van der Waals surface area contributed by atoms with Crippen molar-refractivity contribution >= 4 is 23.2 Å². The van der Waals surface area contributed by atoms with Crippen molar-refractivity contribution in [2.24, 2.45) is 0 Å². The molecule has 0 saturated carbocycles. The molecule has 0 saturated heterocycles. The second-order valence-electron chi connectivity index (χ2n) is 5.40. The van der Waals surface area contributed by atoms with Gasteiger partial charge in [0, 0.05) is 11.1 Å². The number of hydrogen-bond acceptors (Lipinski definition) is 5. The highest BCUT2D eigenvalue weighted by Gasteiger charge is 2.17. The molecule has 128 valence electrons. The largest absolute Gasteiger partial charge is 0.281 e. The first kappa shape index (κ1) is 17.3. The maximum absolute atomic E-state index is 12.4. The van der Waals surface area contributed by atoms with Crippen LogP contribution in [-0.2, 0) is 0 Å². The van der Waals surface area contributed by atoms with Crippen LogP contribution >= 0.6 is 11.3 Å². The summed E-state index contributed by atoms with van der Waals surface area (Å²) in [5, 5.41) is 9.62. The van der Waals surface area contributed by atoms with Crippen LogP contribution in [0.25, 0.3) is 10.6 Å². The van der Waals surface area contributed by atoms with Crippen LogP contribution in [0.15, 0.2) is 54.6 Å². The lowest BCUT2D eigenvalue weighted by molar-refractivity contribution is 0.0848. The van der Waals surface area contributed by atoms with E-state index in [9.17, 15) is 9.59 Å². The summed E-state index contributed by atoms with van der Waals surface area (Å²) < 4.78 is 0. The molecule has 2 aromatic carbocycles. The summed E-state index contributed by atoms with van der Waals surface area (Å²) in [6, 6.07) is 17.7. The highest BCUT2D eigenvalue weighted by molar-refractivity contribution is 7.17. The summed E-state index contributed by atoms with van der Waals surface area (Å²) in [5.41, 5.74) is 6.92. The second-order valence-corrected chi connectivity index (χ2v) is 6.40. The van der Waals surface area contributed by atoms with E-state index in [0.29, 0.717) is 16.1 Å². The Morgan fingerprint density at radius 2 is 1.77 bits per heavy atom. The lowest BCUT2D eigenvalue weighted by Crippen LogP contribution is -2.41. The molecule has 1 aromatic heterocycles. The molecule has 0 atom stereocenters. The maximum Gasteiger partial charge on any atom is 0.281 e. The number of thiazole rings is 1. The zero-order valence-corrected chi connectivity index (χ0v) is 14.6. The molecule has 7 heteroatoms. The van der Waals surface area contributed by atoms with Gasteiger partial charge in [-0.3, -0.25) is 20.4 Å². The SMILES string of the molecule is Cc1nc(-c2ccccc2)sc1C(=O)NNC(=O)c1cccc(C#N)c1. The number of amides is 2. The third-order valence-corrected chi connectivity index (χ3v) is 4.77. The second kappa shape index (κ2) is 7.59. The Labute approximate surface area is 154 Å². The number of hydrogen-bond donors (Lipinski definition) is 2. The molecule has 0 bridgehead atoms. The number of carbonyl (C=O) groups excluding carboxylic acids is 2. The van der Waals surface area contributed by atoms with E-state index in [1.807, 2.05) is 36.4 Å². The van der Waals surface area contributed by atoms with E-state index < -0.39 is 11.8 Å². The normalized spacial score (nSPS) is 10.0. The van der Waals surface area contributed by atoms with E-state index >= 15 is 0 Å². The molecular weight excluding hydrogens is 348 g/mol. The van der Waals surface area contributed by atoms with Crippen molar-refractivity contribution in [3.05, 3.63) is 76.3 Å². The minimum absolute atomic E-state index is 0.287. The number of nitriles is 1. The van der Waals surface area contributed by atoms with Gasteiger partial charge in [0.15, 0.2) is 0 Å². The first-order chi connectivity index (χ1) is 12.6. The van der Waals surface area contributed by atoms with E-state index in [1.165, 1.54) is 17.4 Å². The average Bonchev–Trinajstić information content (AvgIpc) is 3.08. The number of nitrogens with zero attached hydrogens (tertiary/aromatic N) is 2. The van der Waals surface area contributed by atoms with Crippen LogP contribution in [0.4, 0.5) is 0 Å². The van der Waals surface area contributed by atoms with Gasteiger partial charge in [-0.15, -0.1) is 11.3 Å². The van der Waals surface area contributed by atoms with Crippen molar-refractivity contribution in [2.75, 3.05) is 0 Å². The van der Waals surface area contributed by atoms with Gasteiger partial charge in [0.05, 0.1) is 17.3 Å². The van der Waals surface area contributed by atoms with Gasteiger partial charge < -0.3 is 0 Å². The molecule has 0 aliphatic carbocycles. The Morgan fingerprint density at radius 1 is 1.04 bits per heavy atom. The number of benzene rings is 2. The van der Waals surface area contributed by atoms with Crippen LogP contribution in [0, 0.1) is 18.3 Å². The predicted octanol–water partition coefficient (Wildman–Crippen LogP) is 3.07. The maximum atomic E-state index is 12.4. The summed E-state index contributed by atoms with van der Waals surface area (Å²) in [6.07, 6.45) is 0. The minimum atomic E-state index is -0.499. The monoisotopic (exact) mass is 362 g/mol. The first-order valence-electron chi connectivity index (χ1n) is 7.72. The molecule has 6 nitrogen and oxygen atoms in total. The Hall–Kier alpha value is -3.50. The number of hydrazine groups is 1. The van der Waals surface area contributed by atoms with Crippen LogP contribution in [0.2, 0.25) is 0 Å². The topological polar surface area (TPSA) is 94.9 Å². The molecule has 3 rings (SSSR count). The van der Waals surface area contributed by atoms with Crippen LogP contribution in [-0.4, -0.2) is 16.8 Å². The van der Waals surface area contributed by atoms with Crippen molar-refractivity contribution in [1.29, 1.82) is 5.26 Å². The van der Waals surface area contributed by atoms with Gasteiger partial charge >= 0.3 is 0 Å². The molecule has 0 radical (unpaired) electrons. The van der Waals surface area contributed by atoms with Gasteiger partial charge in [-0.25, -0.2) is 4.98 Å². The van der Waals surface area contributed by atoms with Gasteiger partial charge in [-0.1, -0.05) is 36.4 Å².